The van der Waals surface area contributed by atoms with Gasteiger partial charge < -0.3 is 10.8 Å². The van der Waals surface area contributed by atoms with Crippen LogP contribution in [0, 0.1) is 0 Å². The number of benzene rings is 2. The van der Waals surface area contributed by atoms with E-state index in [1.54, 1.807) is 36.5 Å². The second-order valence-electron chi connectivity index (χ2n) is 4.59. The van der Waals surface area contributed by atoms with Crippen LogP contribution in [-0.2, 0) is 0 Å². The number of rotatable bonds is 2. The number of aromatic carboxylic acids is 1. The first kappa shape index (κ1) is 13.4. The fraction of sp³-hybridized carbons (Fsp3) is 0. The molecule has 0 spiro atoms. The minimum absolute atomic E-state index is 0.164. The average molecular weight is 299 g/mol. The van der Waals surface area contributed by atoms with Gasteiger partial charge in [-0.1, -0.05) is 23.7 Å². The van der Waals surface area contributed by atoms with Crippen molar-refractivity contribution in [3.63, 3.8) is 0 Å². The molecule has 0 fully saturated rings. The second-order valence-corrected chi connectivity index (χ2v) is 5.03. The molecule has 4 nitrogen and oxygen atoms in total. The molecule has 21 heavy (non-hydrogen) atoms. The third-order valence-electron chi connectivity index (χ3n) is 3.30. The zero-order chi connectivity index (χ0) is 15.0. The predicted octanol–water partition coefficient (Wildman–Crippen LogP) is 3.84. The van der Waals surface area contributed by atoms with Gasteiger partial charge in [-0.25, -0.2) is 4.79 Å². The summed E-state index contributed by atoms with van der Waals surface area (Å²) in [5.74, 6) is -1.02. The molecule has 0 atom stereocenters. The summed E-state index contributed by atoms with van der Waals surface area (Å²) in [7, 11) is 0. The van der Waals surface area contributed by atoms with E-state index in [9.17, 15) is 9.90 Å². The Bertz CT molecular complexity index is 862. The van der Waals surface area contributed by atoms with Gasteiger partial charge in [0.05, 0.1) is 11.1 Å². The number of nitrogen functional groups attached to an aromatic ring is 1. The van der Waals surface area contributed by atoms with Crippen LogP contribution in [0.3, 0.4) is 0 Å². The Morgan fingerprint density at radius 1 is 1.19 bits per heavy atom. The normalized spacial score (nSPS) is 10.7. The van der Waals surface area contributed by atoms with E-state index in [0.29, 0.717) is 21.8 Å². The summed E-state index contributed by atoms with van der Waals surface area (Å²) in [6.07, 6.45) is 1.62. The van der Waals surface area contributed by atoms with Crippen LogP contribution in [0.15, 0.2) is 48.7 Å². The highest BCUT2D eigenvalue weighted by atomic mass is 35.5. The van der Waals surface area contributed by atoms with Crippen molar-refractivity contribution in [3.05, 3.63) is 59.2 Å². The van der Waals surface area contributed by atoms with Crippen molar-refractivity contribution in [2.45, 2.75) is 0 Å². The average Bonchev–Trinajstić information content (AvgIpc) is 2.46. The summed E-state index contributed by atoms with van der Waals surface area (Å²) >= 11 is 5.97. The van der Waals surface area contributed by atoms with Gasteiger partial charge in [0.1, 0.15) is 0 Å². The van der Waals surface area contributed by atoms with Crippen molar-refractivity contribution in [3.8, 4) is 11.1 Å². The van der Waals surface area contributed by atoms with Crippen LogP contribution in [0.25, 0.3) is 22.0 Å². The first-order valence-electron chi connectivity index (χ1n) is 6.24. The lowest BCUT2D eigenvalue weighted by Gasteiger charge is -2.12. The van der Waals surface area contributed by atoms with E-state index in [0.717, 1.165) is 10.9 Å². The van der Waals surface area contributed by atoms with Crippen molar-refractivity contribution in [1.82, 2.24) is 4.98 Å². The molecule has 0 radical (unpaired) electrons. The smallest absolute Gasteiger partial charge is 0.336 e. The summed E-state index contributed by atoms with van der Waals surface area (Å²) < 4.78 is 0. The first-order valence-corrected chi connectivity index (χ1v) is 6.62. The highest BCUT2D eigenvalue weighted by Crippen LogP contribution is 2.35. The van der Waals surface area contributed by atoms with Crippen molar-refractivity contribution in [1.29, 1.82) is 0 Å². The molecule has 3 N–H and O–H groups in total. The molecule has 2 aromatic carbocycles. The number of nitrogens with two attached hydrogens (primary N) is 1. The van der Waals surface area contributed by atoms with Gasteiger partial charge in [-0.2, -0.15) is 0 Å². The molecular weight excluding hydrogens is 288 g/mol. The number of anilines is 1. The van der Waals surface area contributed by atoms with Gasteiger partial charge in [0, 0.05) is 27.9 Å². The second kappa shape index (κ2) is 5.07. The Morgan fingerprint density at radius 3 is 2.76 bits per heavy atom. The molecule has 0 saturated carbocycles. The number of aromatic nitrogens is 1. The topological polar surface area (TPSA) is 76.2 Å². The zero-order valence-corrected chi connectivity index (χ0v) is 11.6. The molecule has 3 rings (SSSR count). The molecule has 0 saturated heterocycles. The fourth-order valence-electron chi connectivity index (χ4n) is 2.39. The molecule has 0 aliphatic heterocycles. The quantitative estimate of drug-likeness (QED) is 0.705. The highest BCUT2D eigenvalue weighted by molar-refractivity contribution is 6.31. The minimum atomic E-state index is -1.02. The van der Waals surface area contributed by atoms with E-state index < -0.39 is 5.97 Å². The van der Waals surface area contributed by atoms with Gasteiger partial charge in [0.15, 0.2) is 0 Å². The third kappa shape index (κ3) is 2.30. The highest BCUT2D eigenvalue weighted by Gasteiger charge is 2.16. The Balaban J connectivity index is 2.39. The maximum Gasteiger partial charge on any atom is 0.336 e. The number of carboxylic acid groups (broad SMARTS) is 1. The largest absolute Gasteiger partial charge is 0.478 e. The maximum absolute atomic E-state index is 11.4. The molecule has 0 unspecified atom stereocenters. The molecule has 1 heterocycles. The van der Waals surface area contributed by atoms with E-state index in [4.69, 9.17) is 17.3 Å². The van der Waals surface area contributed by atoms with Crippen molar-refractivity contribution in [2.24, 2.45) is 0 Å². The Kier molecular flexibility index (Phi) is 3.23. The molecule has 3 aromatic rings. The Morgan fingerprint density at radius 2 is 2.00 bits per heavy atom. The van der Waals surface area contributed by atoms with E-state index >= 15 is 0 Å². The third-order valence-corrected chi connectivity index (χ3v) is 3.54. The van der Waals surface area contributed by atoms with Crippen molar-refractivity contribution in [2.75, 3.05) is 5.73 Å². The molecule has 5 heteroatoms. The number of nitrogens with zero attached hydrogens (tertiary/aromatic N) is 1. The van der Waals surface area contributed by atoms with Gasteiger partial charge >= 0.3 is 5.97 Å². The Hall–Kier alpha value is -2.59. The van der Waals surface area contributed by atoms with Crippen LogP contribution in [-0.4, -0.2) is 16.1 Å². The van der Waals surface area contributed by atoms with E-state index in [2.05, 4.69) is 4.98 Å². The van der Waals surface area contributed by atoms with Crippen LogP contribution in [0.5, 0.6) is 0 Å². The Labute approximate surface area is 125 Å². The lowest BCUT2D eigenvalue weighted by molar-refractivity contribution is 0.0698. The van der Waals surface area contributed by atoms with Crippen LogP contribution < -0.4 is 5.73 Å². The van der Waals surface area contributed by atoms with Crippen molar-refractivity contribution < 1.29 is 9.90 Å². The summed E-state index contributed by atoms with van der Waals surface area (Å²) in [5.41, 5.74) is 8.50. The summed E-state index contributed by atoms with van der Waals surface area (Å²) in [6, 6.07) is 11.9. The van der Waals surface area contributed by atoms with Crippen LogP contribution >= 0.6 is 11.6 Å². The number of hydrogen-bond acceptors (Lipinski definition) is 3. The predicted molar refractivity (Wildman–Crippen MR) is 83.6 cm³/mol. The van der Waals surface area contributed by atoms with E-state index in [1.807, 2.05) is 6.07 Å². The molecule has 0 aliphatic carbocycles. The number of fused-ring (bicyclic) bond motifs is 1. The molecule has 0 aliphatic rings. The van der Waals surface area contributed by atoms with Crippen LogP contribution in [0.2, 0.25) is 5.02 Å². The van der Waals surface area contributed by atoms with Gasteiger partial charge in [0.2, 0.25) is 0 Å². The summed E-state index contributed by atoms with van der Waals surface area (Å²) in [6.45, 7) is 0. The maximum atomic E-state index is 11.4. The molecule has 104 valence electrons. The lowest BCUT2D eigenvalue weighted by atomic mass is 9.95. The van der Waals surface area contributed by atoms with Crippen LogP contribution in [0.1, 0.15) is 10.4 Å². The van der Waals surface area contributed by atoms with Crippen LogP contribution in [0.4, 0.5) is 5.69 Å². The molecule has 0 amide bonds. The van der Waals surface area contributed by atoms with Crippen molar-refractivity contribution >= 4 is 34.2 Å². The number of hydrogen-bond donors (Lipinski definition) is 2. The van der Waals surface area contributed by atoms with Gasteiger partial charge in [0.25, 0.3) is 0 Å². The molecule has 0 bridgehead atoms. The SMILES string of the molecule is Nc1cccc(C(=O)O)c1-c1ccnc2cc(Cl)ccc12. The number of pyridine rings is 1. The number of carbonyl (C=O) groups is 1. The van der Waals surface area contributed by atoms with E-state index in [1.165, 1.54) is 6.07 Å². The number of carboxylic acids is 1. The minimum Gasteiger partial charge on any atom is -0.478 e. The summed E-state index contributed by atoms with van der Waals surface area (Å²) in [5, 5.41) is 10.8. The molecule has 1 aromatic heterocycles. The van der Waals surface area contributed by atoms with Gasteiger partial charge in [-0.05, 0) is 35.9 Å². The lowest BCUT2D eigenvalue weighted by Crippen LogP contribution is -2.03. The first-order chi connectivity index (χ1) is 10.1. The number of halogens is 1. The zero-order valence-electron chi connectivity index (χ0n) is 10.9. The van der Waals surface area contributed by atoms with Gasteiger partial charge in [-0.15, -0.1) is 0 Å². The fourth-order valence-corrected chi connectivity index (χ4v) is 2.55. The summed E-state index contributed by atoms with van der Waals surface area (Å²) in [4.78, 5) is 15.7. The molecular formula is C16H11ClN2O2. The standard InChI is InChI=1S/C16H11ClN2O2/c17-9-4-5-10-11(6-7-19-14(10)8-9)15-12(16(20)21)2-1-3-13(15)18/h1-8H,18H2,(H,20,21). The van der Waals surface area contributed by atoms with E-state index in [-0.39, 0.29) is 5.56 Å². The van der Waals surface area contributed by atoms with Gasteiger partial charge in [-0.3, -0.25) is 4.98 Å². The monoisotopic (exact) mass is 298 g/mol.